The highest BCUT2D eigenvalue weighted by Crippen LogP contribution is 2.42. The van der Waals surface area contributed by atoms with Crippen molar-refractivity contribution in [1.29, 1.82) is 5.26 Å². The lowest BCUT2D eigenvalue weighted by molar-refractivity contribution is -0.145. The second-order valence-electron chi connectivity index (χ2n) is 12.0. The number of nitrogens with one attached hydrogen (secondary N) is 2. The molecule has 0 aliphatic heterocycles. The third kappa shape index (κ3) is 6.55. The zero-order chi connectivity index (χ0) is 31.4. The van der Waals surface area contributed by atoms with E-state index in [4.69, 9.17) is 9.72 Å². The lowest BCUT2D eigenvalue weighted by Crippen LogP contribution is -2.44. The Morgan fingerprint density at radius 1 is 1.23 bits per heavy atom. The van der Waals surface area contributed by atoms with Gasteiger partial charge < -0.3 is 10.1 Å². The van der Waals surface area contributed by atoms with Gasteiger partial charge in [0, 0.05) is 37.4 Å². The van der Waals surface area contributed by atoms with E-state index in [9.17, 15) is 14.4 Å². The maximum atomic E-state index is 13.6. The van der Waals surface area contributed by atoms with E-state index in [1.807, 2.05) is 38.1 Å². The first kappa shape index (κ1) is 31.0. The van der Waals surface area contributed by atoms with Crippen LogP contribution in [0.25, 0.3) is 5.82 Å². The summed E-state index contributed by atoms with van der Waals surface area (Å²) in [5.74, 6) is 2.04. The molecule has 4 heterocycles. The molecule has 4 aromatic rings. The van der Waals surface area contributed by atoms with Crippen LogP contribution in [0.1, 0.15) is 92.3 Å². The minimum atomic E-state index is -0.827. The number of H-pyrrole nitrogens is 1. The summed E-state index contributed by atoms with van der Waals surface area (Å²) in [4.78, 5) is 22.9. The number of ketones is 1. The predicted molar refractivity (Wildman–Crippen MR) is 164 cm³/mol. The summed E-state index contributed by atoms with van der Waals surface area (Å²) in [6.45, 7) is 8.13. The number of halogens is 1. The van der Waals surface area contributed by atoms with Crippen LogP contribution in [0.2, 0.25) is 0 Å². The number of hydrogen-bond donors (Lipinski definition) is 2. The molecule has 1 unspecified atom stereocenters. The van der Waals surface area contributed by atoms with E-state index in [2.05, 4.69) is 45.5 Å². The molecule has 10 nitrogen and oxygen atoms in total. The molecule has 0 aromatic carbocycles. The highest BCUT2D eigenvalue weighted by molar-refractivity contribution is 5.87. The molecule has 0 saturated heterocycles. The normalized spacial score (nSPS) is 19.7. The van der Waals surface area contributed by atoms with Gasteiger partial charge in [-0.05, 0) is 81.0 Å². The number of methoxy groups -OCH3 is 1. The van der Waals surface area contributed by atoms with Crippen molar-refractivity contribution in [3.05, 3.63) is 76.8 Å². The highest BCUT2D eigenvalue weighted by Gasteiger charge is 2.42. The van der Waals surface area contributed by atoms with Crippen molar-refractivity contribution in [2.45, 2.75) is 83.7 Å². The summed E-state index contributed by atoms with van der Waals surface area (Å²) in [6, 6.07) is 9.92. The maximum absolute atomic E-state index is 13.6. The molecule has 0 radical (unpaired) electrons. The molecule has 2 atom stereocenters. The van der Waals surface area contributed by atoms with Gasteiger partial charge in [0.2, 0.25) is 0 Å². The molecule has 1 saturated carbocycles. The van der Waals surface area contributed by atoms with Crippen molar-refractivity contribution in [1.82, 2.24) is 29.9 Å². The molecule has 0 amide bonds. The Morgan fingerprint density at radius 3 is 2.59 bits per heavy atom. The molecule has 4 aromatic heterocycles. The quantitative estimate of drug-likeness (QED) is 0.197. The average molecular weight is 599 g/mol. The number of aryl methyl sites for hydroxylation is 2. The topological polar surface area (TPSA) is 134 Å². The number of rotatable bonds is 11. The summed E-state index contributed by atoms with van der Waals surface area (Å²) < 4.78 is 20.7. The summed E-state index contributed by atoms with van der Waals surface area (Å²) in [6.07, 6.45) is 7.95. The van der Waals surface area contributed by atoms with E-state index >= 15 is 0 Å². The number of Topliss-reactive ketones (excluding diaryl/α,β-unsaturated/α-hetero) is 1. The van der Waals surface area contributed by atoms with Gasteiger partial charge in [-0.1, -0.05) is 19.9 Å². The molecule has 230 valence electrons. The van der Waals surface area contributed by atoms with Crippen LogP contribution >= 0.6 is 0 Å². The van der Waals surface area contributed by atoms with Crippen LogP contribution < -0.4 is 5.32 Å². The van der Waals surface area contributed by atoms with Gasteiger partial charge >= 0.3 is 0 Å². The van der Waals surface area contributed by atoms with Crippen LogP contribution in [0.15, 0.2) is 42.9 Å². The summed E-state index contributed by atoms with van der Waals surface area (Å²) in [7, 11) is 1.63. The molecule has 5 rings (SSSR count). The first-order chi connectivity index (χ1) is 21.1. The number of ether oxygens (including phenoxy) is 1. The van der Waals surface area contributed by atoms with Gasteiger partial charge in [0.25, 0.3) is 0 Å². The van der Waals surface area contributed by atoms with E-state index in [0.29, 0.717) is 55.1 Å². The number of anilines is 2. The Balaban J connectivity index is 1.20. The fraction of sp³-hybridized carbons (Fsp3) is 0.455. The van der Waals surface area contributed by atoms with Gasteiger partial charge in [0.15, 0.2) is 23.2 Å². The fourth-order valence-electron chi connectivity index (χ4n) is 6.16. The van der Waals surface area contributed by atoms with Crippen LogP contribution in [0.4, 0.5) is 16.0 Å². The first-order valence-electron chi connectivity index (χ1n) is 15.1. The van der Waals surface area contributed by atoms with Crippen molar-refractivity contribution in [3.63, 3.8) is 0 Å². The third-order valence-electron chi connectivity index (χ3n) is 9.16. The van der Waals surface area contributed by atoms with E-state index in [1.54, 1.807) is 13.3 Å². The first-order valence-corrected chi connectivity index (χ1v) is 15.1. The smallest absolute Gasteiger partial charge is 0.164 e. The van der Waals surface area contributed by atoms with Crippen LogP contribution in [-0.4, -0.2) is 48.4 Å². The van der Waals surface area contributed by atoms with Crippen molar-refractivity contribution in [2.24, 2.45) is 5.92 Å². The Kier molecular flexibility index (Phi) is 9.20. The van der Waals surface area contributed by atoms with Gasteiger partial charge in [-0.25, -0.2) is 19.0 Å². The Hall–Kier alpha value is -4.43. The molecule has 1 fully saturated rings. The van der Waals surface area contributed by atoms with Gasteiger partial charge in [0.1, 0.15) is 17.5 Å². The lowest BCUT2D eigenvalue weighted by Gasteiger charge is -2.38. The maximum Gasteiger partial charge on any atom is 0.164 e. The van der Waals surface area contributed by atoms with Gasteiger partial charge in [-0.3, -0.25) is 9.89 Å². The summed E-state index contributed by atoms with van der Waals surface area (Å²) in [5, 5.41) is 24.3. The minimum absolute atomic E-state index is 0.0507. The number of carbonyl (C=O) groups is 1. The van der Waals surface area contributed by atoms with E-state index in [0.717, 1.165) is 35.1 Å². The average Bonchev–Trinajstić information content (AvgIpc) is 3.66. The van der Waals surface area contributed by atoms with Crippen molar-refractivity contribution in [2.75, 3.05) is 12.4 Å². The number of nitrogens with zero attached hydrogens (tertiary/aromatic N) is 6. The molecule has 1 aliphatic rings. The second kappa shape index (κ2) is 13.1. The molecule has 44 heavy (non-hydrogen) atoms. The molecular formula is C33H39FN8O2. The minimum Gasteiger partial charge on any atom is -0.370 e. The van der Waals surface area contributed by atoms with Gasteiger partial charge in [-0.15, -0.1) is 0 Å². The van der Waals surface area contributed by atoms with Crippen LogP contribution in [0, 0.1) is 36.9 Å². The molecule has 0 bridgehead atoms. The van der Waals surface area contributed by atoms with Crippen molar-refractivity contribution < 1.29 is 13.9 Å². The number of aromatic nitrogens is 6. The largest absolute Gasteiger partial charge is 0.370 e. The van der Waals surface area contributed by atoms with Crippen molar-refractivity contribution in [3.8, 4) is 11.9 Å². The van der Waals surface area contributed by atoms with E-state index in [1.165, 1.54) is 10.9 Å². The third-order valence-corrected chi connectivity index (χ3v) is 9.16. The standard InChI is InChI=1S/C33H39FN8O2/c1-20(23(4)25-7-9-31(36-17-25)42-19-26(34)18-37-42)6-8-28(43)33(44-5)12-10-24(11-13-33)32-27(16-35)21(2)14-29(39-32)38-30-15-22(3)40-41-30/h7,9,14-15,17-20,23-24H,6,8,10-13H2,1-5H3,(H2,38,39,40,41)/t20-,23?,24-,33+/m1/s1. The Labute approximate surface area is 257 Å². The van der Waals surface area contributed by atoms with Gasteiger partial charge in [-0.2, -0.15) is 15.5 Å². The highest BCUT2D eigenvalue weighted by atomic mass is 19.1. The number of nitriles is 1. The number of pyridine rings is 2. The Morgan fingerprint density at radius 2 is 2.00 bits per heavy atom. The molecule has 2 N–H and O–H groups in total. The predicted octanol–water partition coefficient (Wildman–Crippen LogP) is 6.59. The van der Waals surface area contributed by atoms with Crippen LogP contribution in [-0.2, 0) is 9.53 Å². The summed E-state index contributed by atoms with van der Waals surface area (Å²) in [5.41, 5.74) is 3.38. The monoisotopic (exact) mass is 598 g/mol. The zero-order valence-corrected chi connectivity index (χ0v) is 25.9. The van der Waals surface area contributed by atoms with Crippen LogP contribution in [0.3, 0.4) is 0 Å². The van der Waals surface area contributed by atoms with Crippen molar-refractivity contribution >= 4 is 17.4 Å². The molecule has 1 aliphatic carbocycles. The second-order valence-corrected chi connectivity index (χ2v) is 12.0. The molecule has 11 heteroatoms. The lowest BCUT2D eigenvalue weighted by atomic mass is 9.73. The number of hydrogen-bond acceptors (Lipinski definition) is 8. The molecular weight excluding hydrogens is 559 g/mol. The fourth-order valence-corrected chi connectivity index (χ4v) is 6.16. The van der Waals surface area contributed by atoms with Gasteiger partial charge in [0.05, 0.1) is 23.7 Å². The number of carbonyl (C=O) groups excluding carboxylic acids is 1. The zero-order valence-electron chi connectivity index (χ0n) is 25.9. The summed E-state index contributed by atoms with van der Waals surface area (Å²) >= 11 is 0. The van der Waals surface area contributed by atoms with E-state index in [-0.39, 0.29) is 23.5 Å². The Bertz CT molecular complexity index is 1650. The number of aromatic amines is 1. The van der Waals surface area contributed by atoms with Crippen LogP contribution in [0.5, 0.6) is 0 Å². The molecule has 0 spiro atoms. The van der Waals surface area contributed by atoms with E-state index < -0.39 is 11.4 Å². The SMILES string of the molecule is CO[C@]1(C(=O)CC[C@@H](C)C(C)c2ccc(-n3cc(F)cn3)nc2)CC[C@H](c2nc(Nc3cc(C)[nH]n3)cc(C)c2C#N)CC1.